The zero-order valence-corrected chi connectivity index (χ0v) is 21.0. The number of methoxy groups -OCH3 is 2. The Labute approximate surface area is 210 Å². The second-order valence-corrected chi connectivity index (χ2v) is 8.58. The molecular weight excluding hydrogens is 496 g/mol. The molecule has 0 spiro atoms. The van der Waals surface area contributed by atoms with E-state index in [1.165, 1.54) is 32.4 Å². The molecule has 1 heterocycles. The summed E-state index contributed by atoms with van der Waals surface area (Å²) in [6, 6.07) is 11.2. The SMILES string of the molecule is COC(=O)c1ccc(C(=O)OC)c(NC(=O)CSc2nnc(C(C)Oc3cccc(Cl)c3)n2C)c1. The minimum Gasteiger partial charge on any atom is -0.483 e. The summed E-state index contributed by atoms with van der Waals surface area (Å²) in [5, 5.41) is 12.0. The van der Waals surface area contributed by atoms with E-state index in [4.69, 9.17) is 25.8 Å². The second-order valence-electron chi connectivity index (χ2n) is 7.20. The first kappa shape index (κ1) is 26.0. The van der Waals surface area contributed by atoms with Crippen LogP contribution in [0.1, 0.15) is 39.6 Å². The third-order valence-electron chi connectivity index (χ3n) is 4.79. The highest BCUT2D eigenvalue weighted by atomic mass is 35.5. The summed E-state index contributed by atoms with van der Waals surface area (Å²) in [6.07, 6.45) is -0.419. The number of nitrogens with one attached hydrogen (secondary N) is 1. The summed E-state index contributed by atoms with van der Waals surface area (Å²) in [4.78, 5) is 36.6. The Morgan fingerprint density at radius 3 is 2.51 bits per heavy atom. The molecule has 0 aliphatic rings. The first-order chi connectivity index (χ1) is 16.7. The maximum Gasteiger partial charge on any atom is 0.339 e. The molecule has 0 saturated carbocycles. The summed E-state index contributed by atoms with van der Waals surface area (Å²) in [5.74, 6) is -0.555. The van der Waals surface area contributed by atoms with Crippen molar-refractivity contribution in [2.75, 3.05) is 25.3 Å². The fourth-order valence-electron chi connectivity index (χ4n) is 3.10. The Morgan fingerprint density at radius 2 is 1.83 bits per heavy atom. The summed E-state index contributed by atoms with van der Waals surface area (Å²) in [7, 11) is 4.23. The molecule has 0 saturated heterocycles. The van der Waals surface area contributed by atoms with Crippen molar-refractivity contribution in [3.63, 3.8) is 0 Å². The van der Waals surface area contributed by atoms with Gasteiger partial charge in [-0.3, -0.25) is 4.79 Å². The first-order valence-electron chi connectivity index (χ1n) is 10.3. The predicted octanol–water partition coefficient (Wildman–Crippen LogP) is 3.91. The number of carbonyl (C=O) groups excluding carboxylic acids is 3. The summed E-state index contributed by atoms with van der Waals surface area (Å²) in [6.45, 7) is 1.83. The van der Waals surface area contributed by atoms with Crippen LogP contribution < -0.4 is 10.1 Å². The molecule has 0 aliphatic heterocycles. The number of amides is 1. The van der Waals surface area contributed by atoms with Crippen LogP contribution in [-0.2, 0) is 21.3 Å². The van der Waals surface area contributed by atoms with Crippen LogP contribution in [-0.4, -0.2) is 52.6 Å². The van der Waals surface area contributed by atoms with Gasteiger partial charge in [0.05, 0.1) is 36.8 Å². The minimum atomic E-state index is -0.656. The Balaban J connectivity index is 1.68. The molecule has 0 radical (unpaired) electrons. The van der Waals surface area contributed by atoms with Crippen LogP contribution >= 0.6 is 23.4 Å². The third-order valence-corrected chi connectivity index (χ3v) is 6.05. The summed E-state index contributed by atoms with van der Waals surface area (Å²) < 4.78 is 17.1. The lowest BCUT2D eigenvalue weighted by Gasteiger charge is -2.14. The van der Waals surface area contributed by atoms with E-state index in [-0.39, 0.29) is 22.6 Å². The van der Waals surface area contributed by atoms with E-state index in [1.807, 2.05) is 6.92 Å². The van der Waals surface area contributed by atoms with Crippen molar-refractivity contribution < 1.29 is 28.6 Å². The molecule has 35 heavy (non-hydrogen) atoms. The Kier molecular flexibility index (Phi) is 8.72. The molecule has 0 fully saturated rings. The first-order valence-corrected chi connectivity index (χ1v) is 11.6. The van der Waals surface area contributed by atoms with Crippen LogP contribution in [0.3, 0.4) is 0 Å². The van der Waals surface area contributed by atoms with Crippen molar-refractivity contribution in [2.24, 2.45) is 7.05 Å². The lowest BCUT2D eigenvalue weighted by molar-refractivity contribution is -0.113. The van der Waals surface area contributed by atoms with Gasteiger partial charge in [-0.2, -0.15) is 0 Å². The maximum atomic E-state index is 12.6. The van der Waals surface area contributed by atoms with Crippen molar-refractivity contribution in [1.82, 2.24) is 14.8 Å². The van der Waals surface area contributed by atoms with Crippen LogP contribution in [0.15, 0.2) is 47.6 Å². The largest absolute Gasteiger partial charge is 0.483 e. The van der Waals surface area contributed by atoms with Crippen LogP contribution in [0.4, 0.5) is 5.69 Å². The number of anilines is 1. The number of carbonyl (C=O) groups is 3. The van der Waals surface area contributed by atoms with Crippen molar-refractivity contribution >= 4 is 46.9 Å². The second kappa shape index (κ2) is 11.7. The lowest BCUT2D eigenvalue weighted by Crippen LogP contribution is -2.18. The van der Waals surface area contributed by atoms with Crippen molar-refractivity contribution in [3.8, 4) is 5.75 Å². The van der Waals surface area contributed by atoms with E-state index in [0.717, 1.165) is 11.8 Å². The van der Waals surface area contributed by atoms with Gasteiger partial charge in [0.25, 0.3) is 0 Å². The normalized spacial score (nSPS) is 11.5. The van der Waals surface area contributed by atoms with E-state index in [9.17, 15) is 14.4 Å². The van der Waals surface area contributed by atoms with Gasteiger partial charge in [0.15, 0.2) is 17.1 Å². The number of halogens is 1. The molecule has 1 unspecified atom stereocenters. The highest BCUT2D eigenvalue weighted by Gasteiger charge is 2.20. The number of hydrogen-bond donors (Lipinski definition) is 1. The Morgan fingerprint density at radius 1 is 1.09 bits per heavy atom. The highest BCUT2D eigenvalue weighted by Crippen LogP contribution is 2.26. The maximum absolute atomic E-state index is 12.6. The highest BCUT2D eigenvalue weighted by molar-refractivity contribution is 7.99. The van der Waals surface area contributed by atoms with E-state index >= 15 is 0 Å². The molecule has 1 N–H and O–H groups in total. The monoisotopic (exact) mass is 518 g/mol. The van der Waals surface area contributed by atoms with Gasteiger partial charge in [-0.05, 0) is 43.3 Å². The topological polar surface area (TPSA) is 122 Å². The Hall–Kier alpha value is -3.57. The van der Waals surface area contributed by atoms with Gasteiger partial charge in [-0.15, -0.1) is 10.2 Å². The fourth-order valence-corrected chi connectivity index (χ4v) is 4.00. The zero-order valence-electron chi connectivity index (χ0n) is 19.4. The molecule has 3 rings (SSSR count). The molecule has 2 aromatic carbocycles. The number of hydrogen-bond acceptors (Lipinski definition) is 9. The van der Waals surface area contributed by atoms with Gasteiger partial charge in [-0.25, -0.2) is 9.59 Å². The van der Waals surface area contributed by atoms with E-state index in [0.29, 0.717) is 21.8 Å². The Bertz CT molecular complexity index is 1250. The molecule has 184 valence electrons. The van der Waals surface area contributed by atoms with E-state index in [2.05, 4.69) is 15.5 Å². The van der Waals surface area contributed by atoms with E-state index in [1.54, 1.807) is 35.9 Å². The van der Waals surface area contributed by atoms with Gasteiger partial charge >= 0.3 is 11.9 Å². The molecule has 10 nitrogen and oxygen atoms in total. The van der Waals surface area contributed by atoms with Gasteiger partial charge < -0.3 is 24.1 Å². The number of benzene rings is 2. The van der Waals surface area contributed by atoms with Crippen LogP contribution in [0.2, 0.25) is 5.02 Å². The third kappa shape index (κ3) is 6.52. The quantitative estimate of drug-likeness (QED) is 0.332. The van der Waals surface area contributed by atoms with Gasteiger partial charge in [0.1, 0.15) is 5.75 Å². The zero-order chi connectivity index (χ0) is 25.5. The molecule has 0 bridgehead atoms. The minimum absolute atomic E-state index is 0.0292. The number of nitrogens with zero attached hydrogens (tertiary/aromatic N) is 3. The number of esters is 2. The molecule has 0 aliphatic carbocycles. The van der Waals surface area contributed by atoms with E-state index < -0.39 is 23.9 Å². The molecule has 1 amide bonds. The van der Waals surface area contributed by atoms with Crippen LogP contribution in [0.5, 0.6) is 5.75 Å². The van der Waals surface area contributed by atoms with Crippen molar-refractivity contribution in [1.29, 1.82) is 0 Å². The molecular formula is C23H23ClN4O6S. The van der Waals surface area contributed by atoms with Crippen molar-refractivity contribution in [2.45, 2.75) is 18.2 Å². The molecule has 1 atom stereocenters. The number of ether oxygens (including phenoxy) is 3. The standard InChI is InChI=1S/C23H23ClN4O6S/c1-13(34-16-7-5-6-15(24)11-16)20-26-27-23(28(20)2)35-12-19(29)25-18-10-14(21(30)32-3)8-9-17(18)22(31)33-4/h5-11,13H,12H2,1-4H3,(H,25,29). The summed E-state index contributed by atoms with van der Waals surface area (Å²) >= 11 is 7.15. The number of aromatic nitrogens is 3. The van der Waals surface area contributed by atoms with Crippen LogP contribution in [0, 0.1) is 0 Å². The summed E-state index contributed by atoms with van der Waals surface area (Å²) in [5.41, 5.74) is 0.411. The van der Waals surface area contributed by atoms with Gasteiger partial charge in [-0.1, -0.05) is 29.4 Å². The number of rotatable bonds is 9. The fraction of sp³-hybridized carbons (Fsp3) is 0.261. The molecule has 3 aromatic rings. The van der Waals surface area contributed by atoms with Crippen LogP contribution in [0.25, 0.3) is 0 Å². The lowest BCUT2D eigenvalue weighted by atomic mass is 10.1. The number of thioether (sulfide) groups is 1. The average Bonchev–Trinajstić information content (AvgIpc) is 3.22. The molecule has 12 heteroatoms. The smallest absolute Gasteiger partial charge is 0.339 e. The molecule has 1 aromatic heterocycles. The van der Waals surface area contributed by atoms with Gasteiger partial charge in [0, 0.05) is 12.1 Å². The van der Waals surface area contributed by atoms with Crippen molar-refractivity contribution in [3.05, 3.63) is 64.4 Å². The van der Waals surface area contributed by atoms with Gasteiger partial charge in [0.2, 0.25) is 5.91 Å². The average molecular weight is 519 g/mol. The predicted molar refractivity (Wildman–Crippen MR) is 130 cm³/mol.